The quantitative estimate of drug-likeness (QED) is 0.624. The highest BCUT2D eigenvalue weighted by Gasteiger charge is 1.97. The Bertz CT molecular complexity index is 258. The first-order valence-corrected chi connectivity index (χ1v) is 5.27. The van der Waals surface area contributed by atoms with Gasteiger partial charge >= 0.3 is 0 Å². The minimum absolute atomic E-state index is 0.857. The van der Waals surface area contributed by atoms with Crippen molar-refractivity contribution in [1.82, 2.24) is 0 Å². The van der Waals surface area contributed by atoms with Crippen molar-refractivity contribution >= 4 is 21.6 Å². The average molecular weight is 228 g/mol. The van der Waals surface area contributed by atoms with Crippen LogP contribution in [0.2, 0.25) is 0 Å². The molecule has 1 aromatic rings. The number of alkyl halides is 1. The normalized spacial score (nSPS) is 10.2. The van der Waals surface area contributed by atoms with Gasteiger partial charge in [0.15, 0.2) is 0 Å². The maximum absolute atomic E-state index is 5.65. The molecular formula is C10H14BrN. The van der Waals surface area contributed by atoms with Crippen LogP contribution in [-0.2, 0) is 6.42 Å². The maximum atomic E-state index is 5.65. The Balaban J connectivity index is 2.72. The van der Waals surface area contributed by atoms with E-state index in [1.807, 2.05) is 12.1 Å². The van der Waals surface area contributed by atoms with Crippen LogP contribution < -0.4 is 5.73 Å². The summed E-state index contributed by atoms with van der Waals surface area (Å²) in [6.45, 7) is 2.11. The Morgan fingerprint density at radius 2 is 2.17 bits per heavy atom. The van der Waals surface area contributed by atoms with Crippen LogP contribution in [0.15, 0.2) is 18.2 Å². The van der Waals surface area contributed by atoms with Crippen molar-refractivity contribution < 1.29 is 0 Å². The number of hydrogen-bond acceptors (Lipinski definition) is 1. The summed E-state index contributed by atoms with van der Waals surface area (Å²) in [6.07, 6.45) is 2.32. The molecule has 0 spiro atoms. The average Bonchev–Trinajstić information content (AvgIpc) is 2.03. The standard InChI is InChI=1S/C10H14BrN/c1-8-7-10(12)5-4-9(8)3-2-6-11/h4-5,7H,2-3,6,12H2,1H3. The van der Waals surface area contributed by atoms with Crippen molar-refractivity contribution in [2.24, 2.45) is 0 Å². The van der Waals surface area contributed by atoms with Crippen LogP contribution in [0.3, 0.4) is 0 Å². The topological polar surface area (TPSA) is 26.0 Å². The molecule has 12 heavy (non-hydrogen) atoms. The van der Waals surface area contributed by atoms with E-state index in [0.29, 0.717) is 0 Å². The summed E-state index contributed by atoms with van der Waals surface area (Å²) in [5.41, 5.74) is 9.21. The van der Waals surface area contributed by atoms with Gasteiger partial charge in [-0.05, 0) is 43.0 Å². The maximum Gasteiger partial charge on any atom is 0.0316 e. The minimum Gasteiger partial charge on any atom is -0.399 e. The molecule has 2 N–H and O–H groups in total. The van der Waals surface area contributed by atoms with Gasteiger partial charge in [0.25, 0.3) is 0 Å². The van der Waals surface area contributed by atoms with Crippen LogP contribution in [0.25, 0.3) is 0 Å². The van der Waals surface area contributed by atoms with E-state index in [1.54, 1.807) is 0 Å². The molecule has 1 aromatic carbocycles. The number of hydrogen-bond donors (Lipinski definition) is 1. The first kappa shape index (κ1) is 9.59. The molecule has 0 bridgehead atoms. The first-order chi connectivity index (χ1) is 5.74. The van der Waals surface area contributed by atoms with E-state index in [2.05, 4.69) is 28.9 Å². The molecule has 0 aliphatic rings. The second kappa shape index (κ2) is 4.51. The Labute approximate surface area is 82.1 Å². The summed E-state index contributed by atoms with van der Waals surface area (Å²) in [5.74, 6) is 0. The lowest BCUT2D eigenvalue weighted by Crippen LogP contribution is -1.92. The molecule has 0 aliphatic carbocycles. The molecule has 1 rings (SSSR count). The lowest BCUT2D eigenvalue weighted by molar-refractivity contribution is 0.930. The zero-order valence-corrected chi connectivity index (χ0v) is 8.89. The fraction of sp³-hybridized carbons (Fsp3) is 0.400. The smallest absolute Gasteiger partial charge is 0.0316 e. The third-order valence-electron chi connectivity index (χ3n) is 1.95. The fourth-order valence-corrected chi connectivity index (χ4v) is 1.54. The van der Waals surface area contributed by atoms with Gasteiger partial charge in [-0.3, -0.25) is 0 Å². The number of rotatable bonds is 3. The van der Waals surface area contributed by atoms with Gasteiger partial charge in [-0.2, -0.15) is 0 Å². The Morgan fingerprint density at radius 1 is 1.42 bits per heavy atom. The molecule has 0 amide bonds. The zero-order valence-electron chi connectivity index (χ0n) is 7.31. The van der Waals surface area contributed by atoms with Crippen LogP contribution >= 0.6 is 15.9 Å². The largest absolute Gasteiger partial charge is 0.399 e. The van der Waals surface area contributed by atoms with E-state index >= 15 is 0 Å². The molecule has 0 fully saturated rings. The van der Waals surface area contributed by atoms with Crippen LogP contribution in [0.4, 0.5) is 5.69 Å². The predicted molar refractivity (Wildman–Crippen MR) is 57.7 cm³/mol. The molecule has 66 valence electrons. The van der Waals surface area contributed by atoms with Gasteiger partial charge in [-0.25, -0.2) is 0 Å². The molecule has 0 aromatic heterocycles. The lowest BCUT2D eigenvalue weighted by Gasteiger charge is -2.04. The highest BCUT2D eigenvalue weighted by Crippen LogP contribution is 2.14. The second-order valence-electron chi connectivity index (χ2n) is 2.98. The summed E-state index contributed by atoms with van der Waals surface area (Å²) in [6, 6.07) is 6.12. The summed E-state index contributed by atoms with van der Waals surface area (Å²) in [7, 11) is 0. The lowest BCUT2D eigenvalue weighted by atomic mass is 10.0. The highest BCUT2D eigenvalue weighted by molar-refractivity contribution is 9.09. The molecule has 0 saturated carbocycles. The summed E-state index contributed by atoms with van der Waals surface area (Å²) < 4.78 is 0. The predicted octanol–water partition coefficient (Wildman–Crippen LogP) is 2.90. The van der Waals surface area contributed by atoms with Crippen molar-refractivity contribution in [2.45, 2.75) is 19.8 Å². The van der Waals surface area contributed by atoms with Gasteiger partial charge in [0.2, 0.25) is 0 Å². The molecule has 0 unspecified atom stereocenters. The van der Waals surface area contributed by atoms with E-state index < -0.39 is 0 Å². The van der Waals surface area contributed by atoms with Crippen molar-refractivity contribution in [3.8, 4) is 0 Å². The molecule has 0 saturated heterocycles. The number of aryl methyl sites for hydroxylation is 2. The van der Waals surface area contributed by atoms with E-state index in [4.69, 9.17) is 5.73 Å². The van der Waals surface area contributed by atoms with Gasteiger partial charge in [0, 0.05) is 11.0 Å². The summed E-state index contributed by atoms with van der Waals surface area (Å²) in [4.78, 5) is 0. The molecule has 0 heterocycles. The number of nitrogen functional groups attached to an aromatic ring is 1. The van der Waals surface area contributed by atoms with Crippen LogP contribution in [0.1, 0.15) is 17.5 Å². The van der Waals surface area contributed by atoms with Crippen LogP contribution in [0.5, 0.6) is 0 Å². The molecular weight excluding hydrogens is 214 g/mol. The van der Waals surface area contributed by atoms with Crippen LogP contribution in [-0.4, -0.2) is 5.33 Å². The molecule has 1 nitrogen and oxygen atoms in total. The number of anilines is 1. The monoisotopic (exact) mass is 227 g/mol. The second-order valence-corrected chi connectivity index (χ2v) is 3.77. The van der Waals surface area contributed by atoms with Crippen LogP contribution in [0, 0.1) is 6.92 Å². The number of halogens is 1. The SMILES string of the molecule is Cc1cc(N)ccc1CCCBr. The van der Waals surface area contributed by atoms with Gasteiger partial charge in [0.1, 0.15) is 0 Å². The third kappa shape index (κ3) is 2.52. The van der Waals surface area contributed by atoms with Gasteiger partial charge in [-0.15, -0.1) is 0 Å². The van der Waals surface area contributed by atoms with Gasteiger partial charge in [0.05, 0.1) is 0 Å². The van der Waals surface area contributed by atoms with Crippen molar-refractivity contribution in [1.29, 1.82) is 0 Å². The van der Waals surface area contributed by atoms with Gasteiger partial charge in [-0.1, -0.05) is 22.0 Å². The Hall–Kier alpha value is -0.500. The molecule has 0 radical (unpaired) electrons. The third-order valence-corrected chi connectivity index (χ3v) is 2.51. The number of nitrogens with two attached hydrogens (primary N) is 1. The highest BCUT2D eigenvalue weighted by atomic mass is 79.9. The summed E-state index contributed by atoms with van der Waals surface area (Å²) >= 11 is 3.42. The van der Waals surface area contributed by atoms with Crippen molar-refractivity contribution in [2.75, 3.05) is 11.1 Å². The summed E-state index contributed by atoms with van der Waals surface area (Å²) in [5, 5.41) is 1.07. The van der Waals surface area contributed by atoms with E-state index in [1.165, 1.54) is 17.5 Å². The molecule has 0 atom stereocenters. The minimum atomic E-state index is 0.857. The van der Waals surface area contributed by atoms with Crippen molar-refractivity contribution in [3.05, 3.63) is 29.3 Å². The fourth-order valence-electron chi connectivity index (χ4n) is 1.26. The van der Waals surface area contributed by atoms with E-state index in [0.717, 1.165) is 17.4 Å². The molecule has 0 aliphatic heterocycles. The van der Waals surface area contributed by atoms with E-state index in [-0.39, 0.29) is 0 Å². The Morgan fingerprint density at radius 3 is 2.75 bits per heavy atom. The first-order valence-electron chi connectivity index (χ1n) is 4.15. The van der Waals surface area contributed by atoms with E-state index in [9.17, 15) is 0 Å². The van der Waals surface area contributed by atoms with Crippen molar-refractivity contribution in [3.63, 3.8) is 0 Å². The Kier molecular flexibility index (Phi) is 3.60. The van der Waals surface area contributed by atoms with Gasteiger partial charge < -0.3 is 5.73 Å². The number of benzene rings is 1. The molecule has 2 heteroatoms. The zero-order chi connectivity index (χ0) is 8.97.